The van der Waals surface area contributed by atoms with Gasteiger partial charge in [-0.1, -0.05) is 57.6 Å². The quantitative estimate of drug-likeness (QED) is 0.211. The largest absolute Gasteiger partial charge is 1.00 e. The second-order valence-electron chi connectivity index (χ2n) is 8.59. The fraction of sp³-hybridized carbons (Fsp3) is 0.344. The minimum atomic E-state index is -0.194. The summed E-state index contributed by atoms with van der Waals surface area (Å²) in [5.41, 5.74) is 10.6. The van der Waals surface area contributed by atoms with Gasteiger partial charge >= 0.3 is 51.4 Å². The summed E-state index contributed by atoms with van der Waals surface area (Å²) < 4.78 is 18.8. The Morgan fingerprint density at radius 1 is 1.26 bits per heavy atom. The molecule has 0 spiro atoms. The topological polar surface area (TPSA) is 76.7 Å². The Bertz CT molecular complexity index is 1140. The number of allylic oxidation sites excluding steroid dienone is 3. The predicted molar refractivity (Wildman–Crippen MR) is 162 cm³/mol. The van der Waals surface area contributed by atoms with E-state index in [-0.39, 0.29) is 63.2 Å². The number of carbonyl (C=O) groups excluding carboxylic acids is 1. The smallest absolute Gasteiger partial charge is 0.496 e. The predicted octanol–water partition coefficient (Wildman–Crippen LogP) is 4.75. The van der Waals surface area contributed by atoms with Crippen molar-refractivity contribution >= 4 is 23.4 Å². The van der Waals surface area contributed by atoms with Crippen molar-refractivity contribution in [3.8, 4) is 5.75 Å². The molecule has 0 aromatic heterocycles. The molecule has 1 unspecified atom stereocenters. The van der Waals surface area contributed by atoms with E-state index in [2.05, 4.69) is 23.8 Å². The van der Waals surface area contributed by atoms with Gasteiger partial charge in [-0.15, -0.1) is 17.2 Å². The van der Waals surface area contributed by atoms with Crippen LogP contribution in [0, 0.1) is 19.7 Å². The van der Waals surface area contributed by atoms with Crippen LogP contribution in [0.2, 0.25) is 0 Å². The van der Waals surface area contributed by atoms with E-state index in [1.807, 2.05) is 72.1 Å². The van der Waals surface area contributed by atoms with Crippen molar-refractivity contribution in [2.75, 3.05) is 12.4 Å². The maximum absolute atomic E-state index is 13.8. The van der Waals surface area contributed by atoms with Crippen molar-refractivity contribution in [2.24, 2.45) is 10.7 Å². The zero-order chi connectivity index (χ0) is 29.3. The van der Waals surface area contributed by atoms with Gasteiger partial charge in [0, 0.05) is 23.0 Å². The monoisotopic (exact) mass is 560 g/mol. The molecule has 0 radical (unpaired) electrons. The van der Waals surface area contributed by atoms with Crippen molar-refractivity contribution in [3.63, 3.8) is 0 Å². The number of nitrogens with two attached hydrogens (primary N) is 1. The number of anilines is 1. The van der Waals surface area contributed by atoms with Crippen LogP contribution in [0.15, 0.2) is 65.8 Å². The zero-order valence-electron chi connectivity index (χ0n) is 25.2. The number of nitrogens with zero attached hydrogens (tertiary/aromatic N) is 1. The van der Waals surface area contributed by atoms with Gasteiger partial charge in [0.1, 0.15) is 17.4 Å². The number of halogens is 1. The molecule has 5 nitrogen and oxygen atoms in total. The summed E-state index contributed by atoms with van der Waals surface area (Å²) >= 11 is 0. The van der Waals surface area contributed by atoms with E-state index in [0.29, 0.717) is 28.3 Å². The van der Waals surface area contributed by atoms with Crippen LogP contribution in [0.1, 0.15) is 70.2 Å². The van der Waals surface area contributed by atoms with Crippen LogP contribution in [0.4, 0.5) is 10.1 Å². The summed E-state index contributed by atoms with van der Waals surface area (Å²) in [6.07, 6.45) is 9.17. The number of nitrogens with one attached hydrogen (secondary N) is 1. The van der Waals surface area contributed by atoms with Crippen LogP contribution in [-0.4, -0.2) is 25.3 Å². The molecule has 0 aliphatic rings. The third kappa shape index (κ3) is 14.4. The molecule has 0 heterocycles. The second kappa shape index (κ2) is 21.9. The SMILES string of the molecule is C/C=C(\C)c1ccc(OC)c(C)c1F.C=C(C)C(=N/C=C\C)Nc1ccc([C-]=O)c(CC)c1.[CH2-]C(N)CC.[K+]. The molecule has 0 aliphatic heterocycles. The Hall–Kier alpha value is -1.87. The average Bonchev–Trinajstić information content (AvgIpc) is 2.92. The first-order chi connectivity index (χ1) is 18.0. The van der Waals surface area contributed by atoms with Crippen molar-refractivity contribution in [1.29, 1.82) is 0 Å². The first-order valence-corrected chi connectivity index (χ1v) is 12.7. The number of aryl methyl sites for hydroxylation is 1. The van der Waals surface area contributed by atoms with Gasteiger partial charge in [0.15, 0.2) is 0 Å². The van der Waals surface area contributed by atoms with Crippen molar-refractivity contribution in [2.45, 2.75) is 67.3 Å². The number of rotatable bonds is 8. The number of hydrogen-bond donors (Lipinski definition) is 2. The summed E-state index contributed by atoms with van der Waals surface area (Å²) in [4.78, 5) is 15.1. The van der Waals surface area contributed by atoms with E-state index in [9.17, 15) is 9.18 Å². The van der Waals surface area contributed by atoms with Gasteiger partial charge in [0.2, 0.25) is 0 Å². The Balaban J connectivity index is 0. The van der Waals surface area contributed by atoms with Crippen LogP contribution in [0.5, 0.6) is 5.75 Å². The van der Waals surface area contributed by atoms with Crippen LogP contribution in [-0.2, 0) is 11.2 Å². The Morgan fingerprint density at radius 2 is 1.87 bits per heavy atom. The number of benzene rings is 2. The Labute approximate surface area is 278 Å². The molecule has 0 saturated heterocycles. The van der Waals surface area contributed by atoms with Crippen LogP contribution < -0.4 is 67.2 Å². The van der Waals surface area contributed by atoms with Crippen molar-refractivity contribution < 1.29 is 65.3 Å². The third-order valence-electron chi connectivity index (χ3n) is 5.55. The van der Waals surface area contributed by atoms with Gasteiger partial charge in [-0.2, -0.15) is 6.07 Å². The van der Waals surface area contributed by atoms with Gasteiger partial charge in [-0.05, 0) is 57.9 Å². The average molecular weight is 561 g/mol. The maximum atomic E-state index is 13.8. The second-order valence-corrected chi connectivity index (χ2v) is 8.59. The molecule has 39 heavy (non-hydrogen) atoms. The standard InChI is InChI=1S/C16H19N2O.C12H15FO.C4H10N.K/c1-5-9-17-16(12(3)4)18-15-8-7-14(11-19)13(6-2)10-15;1-5-8(2)10-6-7-11(14-4)9(3)12(10)13;1-3-4(2)5;/h5,7-10H,3,6H2,1-2,4H3,(H,17,18);5-7H,1-4H3;4H,2-3,5H2,1H3;/q-1;;-1;+1/b9-5-;8-5+;;. The zero-order valence-corrected chi connectivity index (χ0v) is 28.4. The number of methoxy groups -OCH3 is 1. The molecular weight excluding hydrogens is 516 g/mol. The van der Waals surface area contributed by atoms with Gasteiger partial charge < -0.3 is 27.5 Å². The molecule has 7 heteroatoms. The van der Waals surface area contributed by atoms with E-state index in [1.54, 1.807) is 38.4 Å². The summed E-state index contributed by atoms with van der Waals surface area (Å²) in [7, 11) is 1.55. The van der Waals surface area contributed by atoms with Crippen LogP contribution in [0.3, 0.4) is 0 Å². The molecule has 1 atom stereocenters. The van der Waals surface area contributed by atoms with Crippen LogP contribution >= 0.6 is 0 Å². The molecule has 2 aromatic carbocycles. The molecule has 3 N–H and O–H groups in total. The minimum absolute atomic E-state index is 0. The summed E-state index contributed by atoms with van der Waals surface area (Å²) in [6, 6.07) is 9.22. The Kier molecular flexibility index (Phi) is 22.0. The number of aliphatic imine (C=N–C) groups is 1. The van der Waals surface area contributed by atoms with Crippen molar-refractivity contribution in [1.82, 2.24) is 0 Å². The number of amidine groups is 1. The first kappa shape index (κ1) is 39.3. The molecule has 2 aromatic rings. The minimum Gasteiger partial charge on any atom is -0.496 e. The fourth-order valence-electron chi connectivity index (χ4n) is 2.95. The van der Waals surface area contributed by atoms with E-state index in [1.165, 1.54) is 0 Å². The fourth-order valence-corrected chi connectivity index (χ4v) is 2.95. The molecule has 0 bridgehead atoms. The molecule has 0 saturated carbocycles. The normalized spacial score (nSPS) is 11.8. The third-order valence-corrected chi connectivity index (χ3v) is 5.55. The van der Waals surface area contributed by atoms with Gasteiger partial charge in [-0.3, -0.25) is 0 Å². The summed E-state index contributed by atoms with van der Waals surface area (Å²) in [5, 5.41) is 3.21. The molecule has 0 fully saturated rings. The van der Waals surface area contributed by atoms with E-state index >= 15 is 0 Å². The number of hydrogen-bond acceptors (Lipinski definition) is 4. The molecule has 2 rings (SSSR count). The Morgan fingerprint density at radius 3 is 2.31 bits per heavy atom. The summed E-state index contributed by atoms with van der Waals surface area (Å²) in [5.74, 6) is 1.11. The van der Waals surface area contributed by atoms with Gasteiger partial charge in [0.05, 0.1) is 13.4 Å². The molecule has 0 aliphatic carbocycles. The molecular formula is C32H44FKN3O2-. The van der Waals surface area contributed by atoms with Crippen molar-refractivity contribution in [3.05, 3.63) is 95.8 Å². The van der Waals surface area contributed by atoms with Crippen LogP contribution in [0.25, 0.3) is 5.57 Å². The van der Waals surface area contributed by atoms with E-state index < -0.39 is 0 Å². The molecule has 208 valence electrons. The maximum Gasteiger partial charge on any atom is 1.00 e. The van der Waals surface area contributed by atoms with Gasteiger partial charge in [0.25, 0.3) is 0 Å². The number of ether oxygens (including phenoxy) is 1. The molecule has 0 amide bonds. The van der Waals surface area contributed by atoms with E-state index in [0.717, 1.165) is 35.2 Å². The van der Waals surface area contributed by atoms with E-state index in [4.69, 9.17) is 10.5 Å². The summed E-state index contributed by atoms with van der Waals surface area (Å²) in [6.45, 7) is 20.8. The van der Waals surface area contributed by atoms with Gasteiger partial charge in [-0.25, -0.2) is 9.38 Å². The first-order valence-electron chi connectivity index (χ1n) is 12.7.